The topological polar surface area (TPSA) is 66.5 Å². The molecule has 0 saturated carbocycles. The van der Waals surface area contributed by atoms with Crippen LogP contribution in [0.1, 0.15) is 5.56 Å². The molecule has 5 nitrogen and oxygen atoms in total. The minimum Gasteiger partial charge on any atom is -0.293 e. The summed E-state index contributed by atoms with van der Waals surface area (Å²) in [5.41, 5.74) is 1.06. The maximum absolute atomic E-state index is 11.9. The minimum absolute atomic E-state index is 0.0134. The standard InChI is InChI=1S/C14H16N2O3S2/c1-16(10-12-6-3-2-4-7-12)11-13(17)15-21(18,19)14-8-5-9-20-14/h2-9H,10-11H2,1H3,(H,15,17). The molecule has 0 fully saturated rings. The van der Waals surface area contributed by atoms with E-state index in [1.165, 1.54) is 6.07 Å². The van der Waals surface area contributed by atoms with Crippen LogP contribution in [0.15, 0.2) is 52.1 Å². The van der Waals surface area contributed by atoms with Gasteiger partial charge < -0.3 is 0 Å². The van der Waals surface area contributed by atoms with E-state index in [0.29, 0.717) is 6.54 Å². The molecule has 0 unspecified atom stereocenters. The lowest BCUT2D eigenvalue weighted by molar-refractivity contribution is -0.120. The molecule has 7 heteroatoms. The Balaban J connectivity index is 1.90. The van der Waals surface area contributed by atoms with Gasteiger partial charge in [-0.1, -0.05) is 36.4 Å². The number of sulfonamides is 1. The van der Waals surface area contributed by atoms with Crippen LogP contribution in [0, 0.1) is 0 Å². The summed E-state index contributed by atoms with van der Waals surface area (Å²) in [6.45, 7) is 0.590. The molecule has 0 aliphatic heterocycles. The van der Waals surface area contributed by atoms with Crippen LogP contribution in [0.3, 0.4) is 0 Å². The highest BCUT2D eigenvalue weighted by Crippen LogP contribution is 2.15. The summed E-state index contributed by atoms with van der Waals surface area (Å²) in [5.74, 6) is -0.540. The van der Waals surface area contributed by atoms with Gasteiger partial charge in [-0.3, -0.25) is 9.69 Å². The summed E-state index contributed by atoms with van der Waals surface area (Å²) in [6, 6.07) is 12.8. The highest BCUT2D eigenvalue weighted by Gasteiger charge is 2.19. The van der Waals surface area contributed by atoms with Crippen LogP contribution in [0.2, 0.25) is 0 Å². The van der Waals surface area contributed by atoms with Gasteiger partial charge in [0.25, 0.3) is 10.0 Å². The second-order valence-electron chi connectivity index (χ2n) is 4.62. The predicted octanol–water partition coefficient (Wildman–Crippen LogP) is 1.69. The summed E-state index contributed by atoms with van der Waals surface area (Å²) in [6.07, 6.45) is 0. The van der Waals surface area contributed by atoms with Crippen LogP contribution < -0.4 is 4.72 Å². The molecule has 0 saturated heterocycles. The number of nitrogens with one attached hydrogen (secondary N) is 1. The fourth-order valence-electron chi connectivity index (χ4n) is 1.84. The molecule has 1 heterocycles. The number of amides is 1. The van der Waals surface area contributed by atoms with Crippen LogP contribution in [0.25, 0.3) is 0 Å². The zero-order chi connectivity index (χ0) is 15.3. The molecule has 112 valence electrons. The molecule has 2 aromatic rings. The second-order valence-corrected chi connectivity index (χ2v) is 7.48. The van der Waals surface area contributed by atoms with Crippen molar-refractivity contribution in [2.24, 2.45) is 0 Å². The lowest BCUT2D eigenvalue weighted by Crippen LogP contribution is -2.38. The Kier molecular flexibility index (Phi) is 5.11. The van der Waals surface area contributed by atoms with E-state index in [0.717, 1.165) is 16.9 Å². The number of hydrogen-bond donors (Lipinski definition) is 1. The van der Waals surface area contributed by atoms with E-state index in [1.54, 1.807) is 23.4 Å². The van der Waals surface area contributed by atoms with Gasteiger partial charge in [0.2, 0.25) is 5.91 Å². The Morgan fingerprint density at radius 3 is 2.52 bits per heavy atom. The van der Waals surface area contributed by atoms with Crippen molar-refractivity contribution in [2.75, 3.05) is 13.6 Å². The van der Waals surface area contributed by atoms with Crippen LogP contribution in [-0.4, -0.2) is 32.8 Å². The largest absolute Gasteiger partial charge is 0.293 e. The van der Waals surface area contributed by atoms with Gasteiger partial charge in [0.1, 0.15) is 4.21 Å². The first-order valence-electron chi connectivity index (χ1n) is 6.29. The fourth-order valence-corrected chi connectivity index (χ4v) is 3.81. The predicted molar refractivity (Wildman–Crippen MR) is 82.4 cm³/mol. The number of carbonyl (C=O) groups excluding carboxylic acids is 1. The number of carbonyl (C=O) groups is 1. The van der Waals surface area contributed by atoms with Gasteiger partial charge >= 0.3 is 0 Å². The molecule has 1 aromatic carbocycles. The molecule has 0 radical (unpaired) electrons. The van der Waals surface area contributed by atoms with Gasteiger partial charge in [-0.2, -0.15) is 0 Å². The molecule has 1 N–H and O–H groups in total. The summed E-state index contributed by atoms with van der Waals surface area (Å²) in [5, 5.41) is 1.65. The van der Waals surface area contributed by atoms with Crippen molar-refractivity contribution < 1.29 is 13.2 Å². The first-order chi connectivity index (χ1) is 9.97. The highest BCUT2D eigenvalue weighted by molar-refractivity contribution is 7.92. The van der Waals surface area contributed by atoms with Gasteiger partial charge in [0.15, 0.2) is 0 Å². The van der Waals surface area contributed by atoms with Gasteiger partial charge in [-0.05, 0) is 24.1 Å². The Bertz CT molecular complexity index is 682. The van der Waals surface area contributed by atoms with E-state index in [9.17, 15) is 13.2 Å². The Hall–Kier alpha value is -1.70. The van der Waals surface area contributed by atoms with Crippen molar-refractivity contribution in [3.8, 4) is 0 Å². The molecule has 0 atom stereocenters. The Morgan fingerprint density at radius 2 is 1.90 bits per heavy atom. The summed E-state index contributed by atoms with van der Waals surface area (Å²) >= 11 is 1.08. The SMILES string of the molecule is CN(CC(=O)NS(=O)(=O)c1cccs1)Cc1ccccc1. The zero-order valence-corrected chi connectivity index (χ0v) is 13.2. The first-order valence-corrected chi connectivity index (χ1v) is 8.65. The minimum atomic E-state index is -3.74. The molecule has 0 aliphatic carbocycles. The van der Waals surface area contributed by atoms with E-state index < -0.39 is 15.9 Å². The number of rotatable bonds is 6. The third kappa shape index (κ3) is 4.66. The van der Waals surface area contributed by atoms with Crippen LogP contribution in [-0.2, 0) is 21.4 Å². The van der Waals surface area contributed by atoms with Crippen LogP contribution >= 0.6 is 11.3 Å². The van der Waals surface area contributed by atoms with E-state index in [-0.39, 0.29) is 10.8 Å². The van der Waals surface area contributed by atoms with Crippen molar-refractivity contribution in [1.29, 1.82) is 0 Å². The summed E-state index contributed by atoms with van der Waals surface area (Å²) in [7, 11) is -1.97. The first kappa shape index (κ1) is 15.7. The Morgan fingerprint density at radius 1 is 1.19 bits per heavy atom. The van der Waals surface area contributed by atoms with Crippen molar-refractivity contribution in [2.45, 2.75) is 10.8 Å². The van der Waals surface area contributed by atoms with Gasteiger partial charge in [-0.25, -0.2) is 13.1 Å². The molecular weight excluding hydrogens is 308 g/mol. The van der Waals surface area contributed by atoms with Crippen molar-refractivity contribution in [1.82, 2.24) is 9.62 Å². The maximum Gasteiger partial charge on any atom is 0.273 e. The van der Waals surface area contributed by atoms with Crippen molar-refractivity contribution >= 4 is 27.3 Å². The monoisotopic (exact) mass is 324 g/mol. The zero-order valence-electron chi connectivity index (χ0n) is 11.5. The quantitative estimate of drug-likeness (QED) is 0.878. The average molecular weight is 324 g/mol. The van der Waals surface area contributed by atoms with Gasteiger partial charge in [-0.15, -0.1) is 11.3 Å². The molecule has 2 rings (SSSR count). The smallest absolute Gasteiger partial charge is 0.273 e. The molecule has 0 spiro atoms. The van der Waals surface area contributed by atoms with Gasteiger partial charge in [0, 0.05) is 6.54 Å². The number of benzene rings is 1. The molecular formula is C14H16N2O3S2. The third-order valence-electron chi connectivity index (χ3n) is 2.72. The molecule has 21 heavy (non-hydrogen) atoms. The molecule has 1 amide bonds. The summed E-state index contributed by atoms with van der Waals surface area (Å²) in [4.78, 5) is 13.6. The lowest BCUT2D eigenvalue weighted by atomic mass is 10.2. The van der Waals surface area contributed by atoms with E-state index in [2.05, 4.69) is 4.72 Å². The van der Waals surface area contributed by atoms with E-state index in [4.69, 9.17) is 0 Å². The molecule has 0 bridgehead atoms. The van der Waals surface area contributed by atoms with E-state index in [1.807, 2.05) is 30.3 Å². The number of hydrogen-bond acceptors (Lipinski definition) is 5. The third-order valence-corrected chi connectivity index (χ3v) is 5.49. The lowest BCUT2D eigenvalue weighted by Gasteiger charge is -2.16. The van der Waals surface area contributed by atoms with E-state index >= 15 is 0 Å². The number of likely N-dealkylation sites (N-methyl/N-ethyl adjacent to an activating group) is 1. The molecule has 0 aliphatic rings. The normalized spacial score (nSPS) is 11.5. The van der Waals surface area contributed by atoms with Crippen molar-refractivity contribution in [3.63, 3.8) is 0 Å². The van der Waals surface area contributed by atoms with Crippen LogP contribution in [0.4, 0.5) is 0 Å². The second kappa shape index (κ2) is 6.84. The number of thiophene rings is 1. The van der Waals surface area contributed by atoms with Crippen molar-refractivity contribution in [3.05, 3.63) is 53.4 Å². The van der Waals surface area contributed by atoms with Crippen LogP contribution in [0.5, 0.6) is 0 Å². The molecule has 1 aromatic heterocycles. The number of nitrogens with zero attached hydrogens (tertiary/aromatic N) is 1. The summed E-state index contributed by atoms with van der Waals surface area (Å²) < 4.78 is 26.0. The fraction of sp³-hybridized carbons (Fsp3) is 0.214. The Labute approximate surface area is 128 Å². The maximum atomic E-state index is 11.9. The average Bonchev–Trinajstić information content (AvgIpc) is 2.93. The highest BCUT2D eigenvalue weighted by atomic mass is 32.2. The van der Waals surface area contributed by atoms with Gasteiger partial charge in [0.05, 0.1) is 6.54 Å².